The van der Waals surface area contributed by atoms with E-state index in [1.54, 1.807) is 6.92 Å². The van der Waals surface area contributed by atoms with Crippen molar-refractivity contribution in [3.05, 3.63) is 29.0 Å². The second-order valence-electron chi connectivity index (χ2n) is 3.90. The summed E-state index contributed by atoms with van der Waals surface area (Å²) in [6, 6.07) is 2.97. The molecule has 0 heterocycles. The number of urea groups is 1. The average molecular weight is 289 g/mol. The maximum atomic E-state index is 12.8. The smallest absolute Gasteiger partial charge is 0.319 e. The van der Waals surface area contributed by atoms with E-state index >= 15 is 0 Å². The molecule has 1 unspecified atom stereocenters. The first kappa shape index (κ1) is 15.2. The van der Waals surface area contributed by atoms with Crippen LogP contribution in [0, 0.1) is 11.7 Å². The fourth-order valence-corrected chi connectivity index (χ4v) is 1.59. The van der Waals surface area contributed by atoms with Crippen LogP contribution in [0.2, 0.25) is 5.02 Å². The predicted molar refractivity (Wildman–Crippen MR) is 69.8 cm³/mol. The molecule has 0 bridgehead atoms. The molecule has 0 saturated heterocycles. The molecule has 0 saturated carbocycles. The van der Waals surface area contributed by atoms with Crippen LogP contribution in [0.1, 0.15) is 13.3 Å². The van der Waals surface area contributed by atoms with Crippen LogP contribution in [0.4, 0.5) is 14.9 Å². The van der Waals surface area contributed by atoms with E-state index in [1.807, 2.05) is 0 Å². The van der Waals surface area contributed by atoms with Crippen molar-refractivity contribution in [2.45, 2.75) is 13.3 Å². The first-order valence-corrected chi connectivity index (χ1v) is 6.04. The quantitative estimate of drug-likeness (QED) is 0.779. The Bertz CT molecular complexity index is 482. The lowest BCUT2D eigenvalue weighted by Gasteiger charge is -2.12. The van der Waals surface area contributed by atoms with Gasteiger partial charge in [-0.3, -0.25) is 4.79 Å². The predicted octanol–water partition coefficient (Wildman–Crippen LogP) is 2.71. The third-order valence-electron chi connectivity index (χ3n) is 2.53. The van der Waals surface area contributed by atoms with Gasteiger partial charge in [0.15, 0.2) is 0 Å². The largest absolute Gasteiger partial charge is 0.481 e. The van der Waals surface area contributed by atoms with Crippen molar-refractivity contribution in [2.24, 2.45) is 5.92 Å². The van der Waals surface area contributed by atoms with Crippen LogP contribution < -0.4 is 10.6 Å². The topological polar surface area (TPSA) is 78.4 Å². The van der Waals surface area contributed by atoms with E-state index in [2.05, 4.69) is 10.6 Å². The van der Waals surface area contributed by atoms with Crippen molar-refractivity contribution in [3.8, 4) is 0 Å². The Balaban J connectivity index is 2.53. The van der Waals surface area contributed by atoms with Crippen molar-refractivity contribution in [1.29, 1.82) is 0 Å². The monoisotopic (exact) mass is 288 g/mol. The van der Waals surface area contributed by atoms with Gasteiger partial charge >= 0.3 is 12.0 Å². The highest BCUT2D eigenvalue weighted by atomic mass is 35.5. The lowest BCUT2D eigenvalue weighted by molar-refractivity contribution is -0.141. The lowest BCUT2D eigenvalue weighted by Crippen LogP contribution is -2.35. The van der Waals surface area contributed by atoms with Crippen molar-refractivity contribution < 1.29 is 19.1 Å². The molecule has 0 radical (unpaired) electrons. The van der Waals surface area contributed by atoms with E-state index in [9.17, 15) is 14.0 Å². The molecule has 3 N–H and O–H groups in total. The van der Waals surface area contributed by atoms with Crippen LogP contribution in [0.5, 0.6) is 0 Å². The number of carbonyl (C=O) groups is 2. The van der Waals surface area contributed by atoms with Crippen LogP contribution in [-0.2, 0) is 4.79 Å². The molecule has 1 atom stereocenters. The Morgan fingerprint density at radius 1 is 1.47 bits per heavy atom. The SMILES string of the molecule is CCC(CNC(=O)Nc1ccc(F)cc1Cl)C(=O)O. The number of rotatable bonds is 5. The fraction of sp³-hybridized carbons (Fsp3) is 0.333. The second-order valence-corrected chi connectivity index (χ2v) is 4.31. The highest BCUT2D eigenvalue weighted by Gasteiger charge is 2.16. The molecule has 0 aliphatic rings. The first-order valence-electron chi connectivity index (χ1n) is 5.66. The Morgan fingerprint density at radius 3 is 2.68 bits per heavy atom. The van der Waals surface area contributed by atoms with Gasteiger partial charge in [-0.05, 0) is 24.6 Å². The minimum atomic E-state index is -0.970. The molecule has 1 aromatic rings. The van der Waals surface area contributed by atoms with E-state index in [4.69, 9.17) is 16.7 Å². The number of nitrogens with one attached hydrogen (secondary N) is 2. The van der Waals surface area contributed by atoms with Crippen LogP contribution in [-0.4, -0.2) is 23.7 Å². The molecular weight excluding hydrogens is 275 g/mol. The third kappa shape index (κ3) is 4.75. The van der Waals surface area contributed by atoms with Crippen LogP contribution >= 0.6 is 11.6 Å². The summed E-state index contributed by atoms with van der Waals surface area (Å²) in [5.41, 5.74) is 0.254. The summed E-state index contributed by atoms with van der Waals surface area (Å²) in [4.78, 5) is 22.3. The van der Waals surface area contributed by atoms with Crippen LogP contribution in [0.15, 0.2) is 18.2 Å². The maximum absolute atomic E-state index is 12.8. The van der Waals surface area contributed by atoms with Gasteiger partial charge in [-0.1, -0.05) is 18.5 Å². The number of anilines is 1. The fourth-order valence-electron chi connectivity index (χ4n) is 1.38. The molecule has 5 nitrogen and oxygen atoms in total. The van der Waals surface area contributed by atoms with E-state index in [-0.39, 0.29) is 17.3 Å². The summed E-state index contributed by atoms with van der Waals surface area (Å²) in [5, 5.41) is 13.7. The lowest BCUT2D eigenvalue weighted by atomic mass is 10.1. The van der Waals surface area contributed by atoms with Gasteiger partial charge in [0.1, 0.15) is 5.82 Å². The normalized spacial score (nSPS) is 11.7. The zero-order chi connectivity index (χ0) is 14.4. The standard InChI is InChI=1S/C12H14ClFN2O3/c1-2-7(11(17)18)6-15-12(19)16-10-4-3-8(14)5-9(10)13/h3-5,7H,2,6H2,1H3,(H,17,18)(H2,15,16,19). The number of benzene rings is 1. The van der Waals surface area contributed by atoms with Crippen molar-refractivity contribution in [1.82, 2.24) is 5.32 Å². The molecule has 19 heavy (non-hydrogen) atoms. The zero-order valence-corrected chi connectivity index (χ0v) is 11.0. The van der Waals surface area contributed by atoms with Gasteiger partial charge in [0.05, 0.1) is 16.6 Å². The van der Waals surface area contributed by atoms with Gasteiger partial charge in [-0.2, -0.15) is 0 Å². The van der Waals surface area contributed by atoms with Gasteiger partial charge in [0.2, 0.25) is 0 Å². The molecule has 0 aliphatic carbocycles. The maximum Gasteiger partial charge on any atom is 0.319 e. The highest BCUT2D eigenvalue weighted by Crippen LogP contribution is 2.22. The summed E-state index contributed by atoms with van der Waals surface area (Å²) >= 11 is 5.74. The van der Waals surface area contributed by atoms with Crippen molar-refractivity contribution in [3.63, 3.8) is 0 Å². The number of hydrogen-bond donors (Lipinski definition) is 3. The van der Waals surface area contributed by atoms with Crippen LogP contribution in [0.3, 0.4) is 0 Å². The number of halogens is 2. The van der Waals surface area contributed by atoms with E-state index < -0.39 is 23.7 Å². The van der Waals surface area contributed by atoms with Gasteiger partial charge in [-0.25, -0.2) is 9.18 Å². The summed E-state index contributed by atoms with van der Waals surface area (Å²) in [5.74, 6) is -2.12. The van der Waals surface area contributed by atoms with Crippen molar-refractivity contribution in [2.75, 3.05) is 11.9 Å². The first-order chi connectivity index (χ1) is 8.93. The summed E-state index contributed by atoms with van der Waals surface area (Å²) in [7, 11) is 0. The zero-order valence-electron chi connectivity index (χ0n) is 10.2. The van der Waals surface area contributed by atoms with Gasteiger partial charge in [-0.15, -0.1) is 0 Å². The summed E-state index contributed by atoms with van der Waals surface area (Å²) < 4.78 is 12.8. The number of carboxylic acids is 1. The third-order valence-corrected chi connectivity index (χ3v) is 2.84. The average Bonchev–Trinajstić information content (AvgIpc) is 2.33. The second kappa shape index (κ2) is 6.94. The molecule has 7 heteroatoms. The Morgan fingerprint density at radius 2 is 2.16 bits per heavy atom. The van der Waals surface area contributed by atoms with Gasteiger partial charge in [0.25, 0.3) is 0 Å². The van der Waals surface area contributed by atoms with E-state index in [1.165, 1.54) is 6.07 Å². The number of amides is 2. The Hall–Kier alpha value is -1.82. The summed E-state index contributed by atoms with van der Waals surface area (Å²) in [6.07, 6.45) is 0.410. The number of hydrogen-bond acceptors (Lipinski definition) is 2. The Kier molecular flexibility index (Phi) is 5.57. The van der Waals surface area contributed by atoms with Crippen LogP contribution in [0.25, 0.3) is 0 Å². The van der Waals surface area contributed by atoms with Gasteiger partial charge < -0.3 is 15.7 Å². The van der Waals surface area contributed by atoms with E-state index in [0.717, 1.165) is 12.1 Å². The van der Waals surface area contributed by atoms with E-state index in [0.29, 0.717) is 6.42 Å². The Labute approximate surface area is 114 Å². The molecule has 0 spiro atoms. The summed E-state index contributed by atoms with van der Waals surface area (Å²) in [6.45, 7) is 1.73. The molecule has 0 aromatic heterocycles. The molecule has 0 fully saturated rings. The van der Waals surface area contributed by atoms with Gasteiger partial charge in [0, 0.05) is 6.54 Å². The highest BCUT2D eigenvalue weighted by molar-refractivity contribution is 6.33. The minimum absolute atomic E-state index is 0.0104. The molecule has 1 rings (SSSR count). The number of aliphatic carboxylic acids is 1. The molecule has 1 aromatic carbocycles. The minimum Gasteiger partial charge on any atom is -0.481 e. The number of carbonyl (C=O) groups excluding carboxylic acids is 1. The molecular formula is C12H14ClFN2O3. The molecule has 104 valence electrons. The van der Waals surface area contributed by atoms with Crippen molar-refractivity contribution >= 4 is 29.3 Å². The number of carboxylic acid groups (broad SMARTS) is 1. The molecule has 0 aliphatic heterocycles. The molecule has 2 amide bonds.